The molecule has 3 rings (SSSR count). The molecule has 0 aliphatic rings. The Labute approximate surface area is 133 Å². The van der Waals surface area contributed by atoms with Crippen molar-refractivity contribution in [2.45, 2.75) is 19.8 Å². The lowest BCUT2D eigenvalue weighted by Gasteiger charge is -2.12. The number of aromatic nitrogens is 1. The monoisotopic (exact) mass is 311 g/mol. The zero-order chi connectivity index (χ0) is 16.6. The molecule has 2 aromatic carbocycles. The van der Waals surface area contributed by atoms with Gasteiger partial charge in [-0.3, -0.25) is 0 Å². The third-order valence-electron chi connectivity index (χ3n) is 3.72. The summed E-state index contributed by atoms with van der Waals surface area (Å²) >= 11 is 0. The first-order chi connectivity index (χ1) is 11.0. The van der Waals surface area contributed by atoms with E-state index < -0.39 is 0 Å². The molecule has 0 aliphatic carbocycles. The highest BCUT2D eigenvalue weighted by atomic mass is 16.3. The van der Waals surface area contributed by atoms with Crippen LogP contribution in [0.15, 0.2) is 47.2 Å². The molecule has 0 aliphatic heterocycles. The minimum Gasteiger partial charge on any atom is -0.508 e. The van der Waals surface area contributed by atoms with Crippen LogP contribution in [0.25, 0.3) is 22.6 Å². The molecular formula is C18H17NO4. The Balaban J connectivity index is 2.15. The average Bonchev–Trinajstić information content (AvgIpc) is 2.97. The molecule has 0 saturated heterocycles. The topological polar surface area (TPSA) is 86.7 Å². The minimum absolute atomic E-state index is 0.0518. The molecule has 0 radical (unpaired) electrons. The van der Waals surface area contributed by atoms with Crippen molar-refractivity contribution in [2.75, 3.05) is 0 Å². The van der Waals surface area contributed by atoms with Gasteiger partial charge in [-0.1, -0.05) is 13.8 Å². The SMILES string of the molecule is CC(C)c1cc(-c2ncoc2-c2ccc(O)cc2)c(O)cc1O. The van der Waals surface area contributed by atoms with Gasteiger partial charge in [-0.2, -0.15) is 0 Å². The fraction of sp³-hybridized carbons (Fsp3) is 0.167. The maximum absolute atomic E-state index is 10.2. The molecule has 3 N–H and O–H groups in total. The Morgan fingerprint density at radius 2 is 1.65 bits per heavy atom. The Morgan fingerprint density at radius 1 is 0.957 bits per heavy atom. The Kier molecular flexibility index (Phi) is 3.70. The average molecular weight is 311 g/mol. The van der Waals surface area contributed by atoms with Crippen LogP contribution in [0.1, 0.15) is 25.3 Å². The number of aromatic hydroxyl groups is 3. The number of benzene rings is 2. The van der Waals surface area contributed by atoms with Gasteiger partial charge in [0.05, 0.1) is 0 Å². The first kappa shape index (κ1) is 15.0. The quantitative estimate of drug-likeness (QED) is 0.673. The van der Waals surface area contributed by atoms with Gasteiger partial charge in [0.1, 0.15) is 22.9 Å². The largest absolute Gasteiger partial charge is 0.508 e. The van der Waals surface area contributed by atoms with E-state index >= 15 is 0 Å². The molecule has 0 fully saturated rings. The first-order valence-electron chi connectivity index (χ1n) is 7.26. The summed E-state index contributed by atoms with van der Waals surface area (Å²) in [4.78, 5) is 4.21. The third kappa shape index (κ3) is 2.73. The zero-order valence-corrected chi connectivity index (χ0v) is 12.8. The number of hydrogen-bond donors (Lipinski definition) is 3. The first-order valence-corrected chi connectivity index (χ1v) is 7.26. The van der Waals surface area contributed by atoms with Crippen molar-refractivity contribution in [3.8, 4) is 39.8 Å². The Bertz CT molecular complexity index is 835. The van der Waals surface area contributed by atoms with E-state index in [1.807, 2.05) is 13.8 Å². The molecule has 0 saturated carbocycles. The molecule has 1 heterocycles. The fourth-order valence-electron chi connectivity index (χ4n) is 2.50. The van der Waals surface area contributed by atoms with E-state index in [1.165, 1.54) is 12.5 Å². The number of nitrogens with zero attached hydrogens (tertiary/aromatic N) is 1. The van der Waals surface area contributed by atoms with Crippen molar-refractivity contribution in [2.24, 2.45) is 0 Å². The summed E-state index contributed by atoms with van der Waals surface area (Å²) in [6.45, 7) is 3.92. The van der Waals surface area contributed by atoms with Crippen molar-refractivity contribution >= 4 is 0 Å². The van der Waals surface area contributed by atoms with E-state index in [2.05, 4.69) is 4.98 Å². The summed E-state index contributed by atoms with van der Waals surface area (Å²) in [5, 5.41) is 29.6. The Morgan fingerprint density at radius 3 is 2.30 bits per heavy atom. The van der Waals surface area contributed by atoms with Gasteiger partial charge in [0.15, 0.2) is 12.2 Å². The van der Waals surface area contributed by atoms with Crippen LogP contribution in [-0.2, 0) is 0 Å². The summed E-state index contributed by atoms with van der Waals surface area (Å²) in [7, 11) is 0. The highest BCUT2D eigenvalue weighted by Crippen LogP contribution is 2.41. The van der Waals surface area contributed by atoms with Crippen LogP contribution in [0, 0.1) is 0 Å². The second kappa shape index (κ2) is 5.68. The lowest BCUT2D eigenvalue weighted by molar-refractivity contribution is 0.445. The zero-order valence-electron chi connectivity index (χ0n) is 12.8. The highest BCUT2D eigenvalue weighted by molar-refractivity contribution is 5.81. The van der Waals surface area contributed by atoms with E-state index in [0.29, 0.717) is 17.0 Å². The second-order valence-electron chi connectivity index (χ2n) is 5.66. The summed E-state index contributed by atoms with van der Waals surface area (Å²) < 4.78 is 5.46. The lowest BCUT2D eigenvalue weighted by Crippen LogP contribution is -1.91. The Hall–Kier alpha value is -2.95. The van der Waals surface area contributed by atoms with Gasteiger partial charge in [-0.15, -0.1) is 0 Å². The molecule has 3 aromatic rings. The summed E-state index contributed by atoms with van der Waals surface area (Å²) in [5.41, 5.74) is 2.42. The van der Waals surface area contributed by atoms with Crippen LogP contribution in [0.2, 0.25) is 0 Å². The number of oxazole rings is 1. The van der Waals surface area contributed by atoms with Crippen LogP contribution < -0.4 is 0 Å². The lowest BCUT2D eigenvalue weighted by atomic mass is 9.96. The minimum atomic E-state index is -0.0687. The maximum Gasteiger partial charge on any atom is 0.182 e. The van der Waals surface area contributed by atoms with Gasteiger partial charge < -0.3 is 19.7 Å². The molecule has 23 heavy (non-hydrogen) atoms. The van der Waals surface area contributed by atoms with Crippen molar-refractivity contribution in [3.63, 3.8) is 0 Å². The van der Waals surface area contributed by atoms with E-state index in [1.54, 1.807) is 30.3 Å². The molecule has 0 spiro atoms. The number of rotatable bonds is 3. The van der Waals surface area contributed by atoms with Gasteiger partial charge in [0.25, 0.3) is 0 Å². The maximum atomic E-state index is 10.2. The summed E-state index contributed by atoms with van der Waals surface area (Å²) in [6.07, 6.45) is 1.30. The van der Waals surface area contributed by atoms with Gasteiger partial charge in [-0.25, -0.2) is 4.98 Å². The van der Waals surface area contributed by atoms with Crippen molar-refractivity contribution in [1.82, 2.24) is 4.98 Å². The normalized spacial score (nSPS) is 11.1. The predicted molar refractivity (Wildman–Crippen MR) is 86.5 cm³/mol. The van der Waals surface area contributed by atoms with E-state index in [4.69, 9.17) is 4.42 Å². The van der Waals surface area contributed by atoms with Gasteiger partial charge >= 0.3 is 0 Å². The van der Waals surface area contributed by atoms with Gasteiger partial charge in [0, 0.05) is 17.2 Å². The van der Waals surface area contributed by atoms with E-state index in [0.717, 1.165) is 11.1 Å². The molecule has 0 atom stereocenters. The third-order valence-corrected chi connectivity index (χ3v) is 3.72. The van der Waals surface area contributed by atoms with Crippen LogP contribution in [0.5, 0.6) is 17.2 Å². The summed E-state index contributed by atoms with van der Waals surface area (Å²) in [6, 6.07) is 9.56. The molecule has 118 valence electrons. The van der Waals surface area contributed by atoms with Gasteiger partial charge in [0.2, 0.25) is 0 Å². The number of phenols is 3. The van der Waals surface area contributed by atoms with Crippen molar-refractivity contribution in [3.05, 3.63) is 48.4 Å². The van der Waals surface area contributed by atoms with Gasteiger partial charge in [-0.05, 0) is 41.8 Å². The number of hydrogen-bond acceptors (Lipinski definition) is 5. The molecule has 0 unspecified atom stereocenters. The molecule has 0 amide bonds. The summed E-state index contributed by atoms with van der Waals surface area (Å²) in [5.74, 6) is 0.722. The number of phenolic OH excluding ortho intramolecular Hbond substituents is 3. The molecule has 0 bridgehead atoms. The smallest absolute Gasteiger partial charge is 0.182 e. The molecule has 1 aromatic heterocycles. The van der Waals surface area contributed by atoms with E-state index in [9.17, 15) is 15.3 Å². The highest BCUT2D eigenvalue weighted by Gasteiger charge is 2.19. The standard InChI is InChI=1S/C18H17NO4/c1-10(2)13-7-14(16(22)8-15(13)21)17-18(23-9-19-17)11-3-5-12(20)6-4-11/h3-10,20-22H,1-2H3. The second-order valence-corrected chi connectivity index (χ2v) is 5.66. The van der Waals surface area contributed by atoms with Crippen LogP contribution in [0.3, 0.4) is 0 Å². The fourth-order valence-corrected chi connectivity index (χ4v) is 2.50. The van der Waals surface area contributed by atoms with E-state index in [-0.39, 0.29) is 23.2 Å². The van der Waals surface area contributed by atoms with Crippen LogP contribution in [-0.4, -0.2) is 20.3 Å². The van der Waals surface area contributed by atoms with Crippen LogP contribution in [0.4, 0.5) is 0 Å². The predicted octanol–water partition coefficient (Wildman–Crippen LogP) is 4.25. The molecule has 5 nitrogen and oxygen atoms in total. The van der Waals surface area contributed by atoms with Crippen molar-refractivity contribution < 1.29 is 19.7 Å². The molecule has 5 heteroatoms. The van der Waals surface area contributed by atoms with Crippen LogP contribution >= 0.6 is 0 Å². The van der Waals surface area contributed by atoms with Crippen molar-refractivity contribution in [1.29, 1.82) is 0 Å². The molecular weight excluding hydrogens is 294 g/mol.